The largest absolute Gasteiger partial charge is 0.497 e. The minimum Gasteiger partial charge on any atom is -0.497 e. The molecule has 1 saturated heterocycles. The normalized spacial score (nSPS) is 19.5. The van der Waals surface area contributed by atoms with Gasteiger partial charge in [-0.2, -0.15) is 0 Å². The highest BCUT2D eigenvalue weighted by Crippen LogP contribution is 2.43. The Morgan fingerprint density at radius 3 is 2.11 bits per heavy atom. The van der Waals surface area contributed by atoms with Crippen LogP contribution in [0.1, 0.15) is 33.3 Å². The molecule has 0 aliphatic carbocycles. The van der Waals surface area contributed by atoms with Gasteiger partial charge in [-0.25, -0.2) is 0 Å². The minimum atomic E-state index is -1.90. The van der Waals surface area contributed by atoms with Gasteiger partial charge in [-0.05, 0) is 57.3 Å². The molecular weight excluding hydrogens is 363 g/mol. The maximum Gasteiger partial charge on any atom is 0.458 e. The molecule has 5 heteroatoms. The van der Waals surface area contributed by atoms with Crippen LogP contribution in [0.4, 0.5) is 0 Å². The summed E-state index contributed by atoms with van der Waals surface area (Å²) in [6.07, 6.45) is 0.905. The quantitative estimate of drug-likeness (QED) is 0.653. The first kappa shape index (κ1) is 21.2. The van der Waals surface area contributed by atoms with Crippen LogP contribution in [0.15, 0.2) is 54.6 Å². The van der Waals surface area contributed by atoms with Gasteiger partial charge in [0, 0.05) is 0 Å². The van der Waals surface area contributed by atoms with Gasteiger partial charge >= 0.3 is 7.12 Å². The van der Waals surface area contributed by atoms with Crippen molar-refractivity contribution in [1.29, 1.82) is 0 Å². The van der Waals surface area contributed by atoms with Crippen molar-refractivity contribution in [3.63, 3.8) is 0 Å². The van der Waals surface area contributed by atoms with E-state index in [1.54, 1.807) is 7.11 Å². The Morgan fingerprint density at radius 2 is 1.54 bits per heavy atom. The predicted molar refractivity (Wildman–Crippen MR) is 120 cm³/mol. The Hall–Kier alpha value is -1.56. The summed E-state index contributed by atoms with van der Waals surface area (Å²) in [7, 11) is -0.408. The van der Waals surface area contributed by atoms with Crippen LogP contribution >= 0.6 is 0 Å². The van der Waals surface area contributed by atoms with E-state index in [0.717, 1.165) is 12.2 Å². The summed E-state index contributed by atoms with van der Waals surface area (Å²) in [5, 5.41) is 1.43. The lowest BCUT2D eigenvalue weighted by Crippen LogP contribution is -2.53. The first-order valence-corrected chi connectivity index (χ1v) is 13.2. The molecule has 0 saturated carbocycles. The van der Waals surface area contributed by atoms with Crippen LogP contribution in [0.5, 0.6) is 5.75 Å². The number of benzene rings is 2. The zero-order valence-electron chi connectivity index (χ0n) is 18.3. The summed E-state index contributed by atoms with van der Waals surface area (Å²) in [5.41, 5.74) is 0.885. The lowest BCUT2D eigenvalue weighted by atomic mass is 9.80. The second-order valence-corrected chi connectivity index (χ2v) is 14.1. The van der Waals surface area contributed by atoms with E-state index in [2.05, 4.69) is 89.3 Å². The molecule has 150 valence electrons. The Balaban J connectivity index is 1.99. The van der Waals surface area contributed by atoms with Gasteiger partial charge in [0.15, 0.2) is 0 Å². The first-order valence-electron chi connectivity index (χ1n) is 10.1. The van der Waals surface area contributed by atoms with Crippen molar-refractivity contribution in [1.82, 2.24) is 0 Å². The Kier molecular flexibility index (Phi) is 5.81. The van der Waals surface area contributed by atoms with Crippen molar-refractivity contribution in [3.8, 4) is 5.75 Å². The second kappa shape index (κ2) is 7.70. The molecule has 1 fully saturated rings. The third kappa shape index (κ3) is 4.07. The first-order chi connectivity index (χ1) is 13.1. The van der Waals surface area contributed by atoms with Gasteiger partial charge in [0.2, 0.25) is 0 Å². The number of rotatable bonds is 6. The molecule has 0 radical (unpaired) electrons. The molecule has 1 heterocycles. The zero-order valence-corrected chi connectivity index (χ0v) is 19.3. The van der Waals surface area contributed by atoms with E-state index in [4.69, 9.17) is 14.0 Å². The lowest BCUT2D eigenvalue weighted by Gasteiger charge is -2.34. The van der Waals surface area contributed by atoms with Crippen LogP contribution in [-0.4, -0.2) is 33.5 Å². The van der Waals surface area contributed by atoms with E-state index in [1.165, 1.54) is 10.8 Å². The van der Waals surface area contributed by atoms with E-state index >= 15 is 0 Å². The highest BCUT2D eigenvalue weighted by atomic mass is 28.3. The number of methoxy groups -OCH3 is 1. The number of hydrogen-bond acceptors (Lipinski definition) is 3. The van der Waals surface area contributed by atoms with Gasteiger partial charge in [-0.3, -0.25) is 0 Å². The zero-order chi connectivity index (χ0) is 20.6. The van der Waals surface area contributed by atoms with Crippen molar-refractivity contribution in [3.05, 3.63) is 60.2 Å². The highest BCUT2D eigenvalue weighted by molar-refractivity contribution is 6.97. The van der Waals surface area contributed by atoms with Crippen LogP contribution in [0.3, 0.4) is 0 Å². The summed E-state index contributed by atoms with van der Waals surface area (Å²) < 4.78 is 18.5. The van der Waals surface area contributed by atoms with Crippen LogP contribution < -0.4 is 9.92 Å². The molecule has 1 unspecified atom stereocenters. The van der Waals surface area contributed by atoms with Gasteiger partial charge in [-0.1, -0.05) is 60.7 Å². The SMILES string of the molecule is COc1cccc(CC(B2OC(C)(C)C(C)(C)O2)[Si](C)(C)c2ccccc2)c1. The van der Waals surface area contributed by atoms with Crippen molar-refractivity contribution < 1.29 is 14.0 Å². The van der Waals surface area contributed by atoms with Gasteiger partial charge in [0.05, 0.1) is 26.4 Å². The van der Waals surface area contributed by atoms with Gasteiger partial charge < -0.3 is 14.0 Å². The molecule has 0 N–H and O–H groups in total. The topological polar surface area (TPSA) is 27.7 Å². The van der Waals surface area contributed by atoms with Crippen molar-refractivity contribution >= 4 is 20.4 Å². The molecule has 1 aliphatic heterocycles. The summed E-state index contributed by atoms with van der Waals surface area (Å²) in [5.74, 6) is 0.893. The average Bonchev–Trinajstić information content (AvgIpc) is 2.87. The van der Waals surface area contributed by atoms with Crippen molar-refractivity contribution in [2.45, 2.75) is 63.9 Å². The van der Waals surface area contributed by atoms with E-state index in [1.807, 2.05) is 6.07 Å². The Bertz CT molecular complexity index is 789. The molecule has 1 aliphatic rings. The monoisotopic (exact) mass is 396 g/mol. The Labute approximate surface area is 171 Å². The molecule has 28 heavy (non-hydrogen) atoms. The maximum atomic E-state index is 6.54. The second-order valence-electron chi connectivity index (χ2n) is 9.37. The fourth-order valence-corrected chi connectivity index (χ4v) is 6.92. The fraction of sp³-hybridized carbons (Fsp3) is 0.478. The lowest BCUT2D eigenvalue weighted by molar-refractivity contribution is 0.00578. The molecule has 3 rings (SSSR count). The molecule has 0 bridgehead atoms. The standard InChI is InChI=1S/C23H33BO3Si/c1-22(2)23(3,4)27-24(26-22)21(17-18-12-11-13-19(16-18)25-5)28(6,7)20-14-9-8-10-15-20/h8-16,21H,17H2,1-7H3. The molecule has 3 nitrogen and oxygen atoms in total. The maximum absolute atomic E-state index is 6.54. The van der Waals surface area contributed by atoms with E-state index in [-0.39, 0.29) is 23.8 Å². The summed E-state index contributed by atoms with van der Waals surface area (Å²) in [6.45, 7) is 13.4. The van der Waals surface area contributed by atoms with Crippen LogP contribution in [0.25, 0.3) is 0 Å². The third-order valence-electron chi connectivity index (χ3n) is 6.63. The smallest absolute Gasteiger partial charge is 0.458 e. The molecule has 0 amide bonds. The molecule has 0 spiro atoms. The summed E-state index contributed by atoms with van der Waals surface area (Å²) >= 11 is 0. The van der Waals surface area contributed by atoms with Crippen molar-refractivity contribution in [2.75, 3.05) is 7.11 Å². The molecule has 1 atom stereocenters. The Morgan fingerprint density at radius 1 is 0.929 bits per heavy atom. The van der Waals surface area contributed by atoms with Crippen LogP contribution in [0, 0.1) is 0 Å². The van der Waals surface area contributed by atoms with E-state index in [9.17, 15) is 0 Å². The van der Waals surface area contributed by atoms with E-state index < -0.39 is 8.07 Å². The van der Waals surface area contributed by atoms with Crippen LogP contribution in [-0.2, 0) is 15.7 Å². The van der Waals surface area contributed by atoms with Gasteiger partial charge in [0.25, 0.3) is 0 Å². The number of hydrogen-bond donors (Lipinski definition) is 0. The van der Waals surface area contributed by atoms with Gasteiger partial charge in [0.1, 0.15) is 5.75 Å². The van der Waals surface area contributed by atoms with Crippen molar-refractivity contribution in [2.24, 2.45) is 0 Å². The molecule has 2 aromatic carbocycles. The van der Waals surface area contributed by atoms with E-state index in [0.29, 0.717) is 0 Å². The number of ether oxygens (including phenoxy) is 1. The summed E-state index contributed by atoms with van der Waals surface area (Å²) in [6, 6.07) is 19.2. The summed E-state index contributed by atoms with van der Waals surface area (Å²) in [4.78, 5) is 0. The molecule has 0 aromatic heterocycles. The highest BCUT2D eigenvalue weighted by Gasteiger charge is 2.57. The molecule has 2 aromatic rings. The molecular formula is C23H33BO3Si. The van der Waals surface area contributed by atoms with Gasteiger partial charge in [-0.15, -0.1) is 0 Å². The minimum absolute atomic E-state index is 0.224. The third-order valence-corrected chi connectivity index (χ3v) is 10.8. The fourth-order valence-electron chi connectivity index (χ4n) is 3.88. The predicted octanol–water partition coefficient (Wildman–Crippen LogP) is 4.85. The average molecular weight is 396 g/mol. The van der Waals surface area contributed by atoms with Crippen LogP contribution in [0.2, 0.25) is 18.5 Å².